The summed E-state index contributed by atoms with van der Waals surface area (Å²) in [6, 6.07) is 5.40. The Balaban J connectivity index is 2.16. The Hall–Kier alpha value is -2.08. The first-order valence-electron chi connectivity index (χ1n) is 5.78. The van der Waals surface area contributed by atoms with Crippen molar-refractivity contribution in [3.63, 3.8) is 0 Å². The average molecular weight is 278 g/mol. The largest absolute Gasteiger partial charge is 0.471 e. The molecule has 0 fully saturated rings. The van der Waals surface area contributed by atoms with Gasteiger partial charge in [0.15, 0.2) is 0 Å². The van der Waals surface area contributed by atoms with Crippen LogP contribution in [-0.2, 0) is 11.3 Å². The predicted octanol–water partition coefficient (Wildman–Crippen LogP) is 2.48. The number of ether oxygens (including phenoxy) is 2. The number of rotatable bonds is 5. The van der Waals surface area contributed by atoms with Crippen LogP contribution in [-0.4, -0.2) is 17.6 Å². The number of pyridine rings is 1. The molecule has 0 aromatic carbocycles. The number of aromatic nitrogens is 1. The van der Waals surface area contributed by atoms with E-state index in [-0.39, 0.29) is 18.1 Å². The molecule has 2 heterocycles. The van der Waals surface area contributed by atoms with E-state index in [1.165, 1.54) is 12.3 Å². The molecule has 0 aliphatic carbocycles. The van der Waals surface area contributed by atoms with Crippen LogP contribution in [0.2, 0.25) is 0 Å². The summed E-state index contributed by atoms with van der Waals surface area (Å²) in [4.78, 5) is 16.9. The maximum atomic E-state index is 11.8. The summed E-state index contributed by atoms with van der Waals surface area (Å²) in [5.41, 5.74) is 6.27. The smallest absolute Gasteiger partial charge is 0.343 e. The van der Waals surface area contributed by atoms with Gasteiger partial charge in [-0.3, -0.25) is 0 Å². The zero-order valence-electron chi connectivity index (χ0n) is 10.5. The Morgan fingerprint density at radius 2 is 2.37 bits per heavy atom. The van der Waals surface area contributed by atoms with Crippen LogP contribution in [0.1, 0.15) is 22.2 Å². The molecule has 6 heteroatoms. The second-order valence-corrected chi connectivity index (χ2v) is 4.74. The van der Waals surface area contributed by atoms with Gasteiger partial charge in [-0.15, -0.1) is 11.3 Å². The molecule has 2 aromatic heterocycles. The van der Waals surface area contributed by atoms with Gasteiger partial charge < -0.3 is 15.2 Å². The van der Waals surface area contributed by atoms with Crippen molar-refractivity contribution >= 4 is 23.0 Å². The number of hydrogen-bond donors (Lipinski definition) is 1. The molecule has 100 valence electrons. The number of carbonyl (C=O) groups is 1. The molecule has 0 atom stereocenters. The van der Waals surface area contributed by atoms with E-state index in [4.69, 9.17) is 15.2 Å². The number of thiophene rings is 1. The first-order valence-corrected chi connectivity index (χ1v) is 6.66. The quantitative estimate of drug-likeness (QED) is 0.850. The third-order valence-corrected chi connectivity index (χ3v) is 3.15. The molecule has 0 aliphatic rings. The van der Waals surface area contributed by atoms with E-state index in [2.05, 4.69) is 4.98 Å². The highest BCUT2D eigenvalue weighted by molar-refractivity contribution is 7.09. The fourth-order valence-corrected chi connectivity index (χ4v) is 2.09. The Morgan fingerprint density at radius 3 is 3.05 bits per heavy atom. The monoisotopic (exact) mass is 278 g/mol. The van der Waals surface area contributed by atoms with Gasteiger partial charge in [0.05, 0.1) is 18.5 Å². The summed E-state index contributed by atoms with van der Waals surface area (Å²) in [7, 11) is 0. The Bertz CT molecular complexity index is 555. The maximum absolute atomic E-state index is 11.8. The number of esters is 1. The van der Waals surface area contributed by atoms with Crippen LogP contribution in [0.5, 0.6) is 5.88 Å². The van der Waals surface area contributed by atoms with Gasteiger partial charge in [-0.2, -0.15) is 0 Å². The van der Waals surface area contributed by atoms with Crippen molar-refractivity contribution in [3.05, 3.63) is 40.2 Å². The van der Waals surface area contributed by atoms with Crippen LogP contribution in [0.25, 0.3) is 0 Å². The van der Waals surface area contributed by atoms with E-state index in [0.717, 1.165) is 4.88 Å². The molecule has 0 saturated carbocycles. The molecule has 0 amide bonds. The predicted molar refractivity (Wildman–Crippen MR) is 73.3 cm³/mol. The lowest BCUT2D eigenvalue weighted by Gasteiger charge is -2.09. The summed E-state index contributed by atoms with van der Waals surface area (Å²) in [6.45, 7) is 2.39. The molecule has 0 aliphatic heterocycles. The van der Waals surface area contributed by atoms with Gasteiger partial charge in [0.2, 0.25) is 5.88 Å². The maximum Gasteiger partial charge on any atom is 0.343 e. The van der Waals surface area contributed by atoms with Gasteiger partial charge in [0.25, 0.3) is 0 Å². The molecule has 0 radical (unpaired) electrons. The molecule has 2 aromatic rings. The SMILES string of the molecule is CCOC(=O)c1cc(N)cnc1OCc1cccs1. The fourth-order valence-electron chi connectivity index (χ4n) is 1.47. The normalized spacial score (nSPS) is 10.2. The molecular weight excluding hydrogens is 264 g/mol. The lowest BCUT2D eigenvalue weighted by Crippen LogP contribution is -2.09. The Kier molecular flexibility index (Phi) is 4.35. The van der Waals surface area contributed by atoms with Crippen LogP contribution in [0, 0.1) is 0 Å². The van der Waals surface area contributed by atoms with E-state index < -0.39 is 5.97 Å². The first kappa shape index (κ1) is 13.4. The Labute approximate surface area is 115 Å². The molecule has 0 spiro atoms. The van der Waals surface area contributed by atoms with E-state index in [1.54, 1.807) is 18.3 Å². The van der Waals surface area contributed by atoms with Crippen LogP contribution in [0.15, 0.2) is 29.8 Å². The molecule has 2 N–H and O–H groups in total. The van der Waals surface area contributed by atoms with E-state index in [1.807, 2.05) is 17.5 Å². The van der Waals surface area contributed by atoms with E-state index in [9.17, 15) is 4.79 Å². The number of hydrogen-bond acceptors (Lipinski definition) is 6. The third kappa shape index (κ3) is 3.45. The van der Waals surface area contributed by atoms with Gasteiger partial charge in [0, 0.05) is 4.88 Å². The molecule has 0 saturated heterocycles. The topological polar surface area (TPSA) is 74.4 Å². The van der Waals surface area contributed by atoms with Crippen molar-refractivity contribution in [2.45, 2.75) is 13.5 Å². The van der Waals surface area contributed by atoms with Crippen molar-refractivity contribution in [1.82, 2.24) is 4.98 Å². The molecule has 0 unspecified atom stereocenters. The van der Waals surface area contributed by atoms with Crippen molar-refractivity contribution in [1.29, 1.82) is 0 Å². The van der Waals surface area contributed by atoms with Gasteiger partial charge in [-0.25, -0.2) is 9.78 Å². The van der Waals surface area contributed by atoms with Crippen molar-refractivity contribution < 1.29 is 14.3 Å². The van der Waals surface area contributed by atoms with Crippen LogP contribution in [0.4, 0.5) is 5.69 Å². The molecule has 19 heavy (non-hydrogen) atoms. The van der Waals surface area contributed by atoms with Crippen molar-refractivity contribution in [2.24, 2.45) is 0 Å². The minimum absolute atomic E-state index is 0.237. The summed E-state index contributed by atoms with van der Waals surface area (Å²) in [5.74, 6) is -0.246. The number of nitrogens with two attached hydrogens (primary N) is 1. The number of carbonyl (C=O) groups excluding carboxylic acids is 1. The molecule has 0 bridgehead atoms. The van der Waals surface area contributed by atoms with Crippen molar-refractivity contribution in [2.75, 3.05) is 12.3 Å². The highest BCUT2D eigenvalue weighted by atomic mass is 32.1. The summed E-state index contributed by atoms with van der Waals surface area (Å²) >= 11 is 1.58. The van der Waals surface area contributed by atoms with Crippen LogP contribution in [0.3, 0.4) is 0 Å². The second-order valence-electron chi connectivity index (χ2n) is 3.71. The standard InChI is InChI=1S/C13H14N2O3S/c1-2-17-13(16)11-6-9(14)7-15-12(11)18-8-10-4-3-5-19-10/h3-7H,2,8,14H2,1H3. The molecule has 2 rings (SSSR count). The number of nitrogen functional groups attached to an aromatic ring is 1. The minimum atomic E-state index is -0.483. The fraction of sp³-hybridized carbons (Fsp3) is 0.231. The third-order valence-electron chi connectivity index (χ3n) is 2.30. The lowest BCUT2D eigenvalue weighted by atomic mass is 10.2. The average Bonchev–Trinajstić information content (AvgIpc) is 2.90. The molecule has 5 nitrogen and oxygen atoms in total. The van der Waals surface area contributed by atoms with Gasteiger partial charge in [0.1, 0.15) is 12.2 Å². The minimum Gasteiger partial charge on any atom is -0.471 e. The summed E-state index contributed by atoms with van der Waals surface area (Å²) < 4.78 is 10.5. The number of nitrogens with zero attached hydrogens (tertiary/aromatic N) is 1. The Morgan fingerprint density at radius 1 is 1.53 bits per heavy atom. The first-order chi connectivity index (χ1) is 9.20. The van der Waals surface area contributed by atoms with Gasteiger partial charge in [-0.05, 0) is 24.4 Å². The van der Waals surface area contributed by atoms with Crippen LogP contribution < -0.4 is 10.5 Å². The molecular formula is C13H14N2O3S. The van der Waals surface area contributed by atoms with E-state index >= 15 is 0 Å². The van der Waals surface area contributed by atoms with Crippen molar-refractivity contribution in [3.8, 4) is 5.88 Å². The number of anilines is 1. The summed E-state index contributed by atoms with van der Waals surface area (Å²) in [5, 5.41) is 1.96. The van der Waals surface area contributed by atoms with Gasteiger partial charge >= 0.3 is 5.97 Å². The van der Waals surface area contributed by atoms with E-state index in [0.29, 0.717) is 12.3 Å². The summed E-state index contributed by atoms with van der Waals surface area (Å²) in [6.07, 6.45) is 1.45. The highest BCUT2D eigenvalue weighted by Crippen LogP contribution is 2.21. The zero-order chi connectivity index (χ0) is 13.7. The van der Waals surface area contributed by atoms with Gasteiger partial charge in [-0.1, -0.05) is 6.07 Å². The second kappa shape index (κ2) is 6.19. The highest BCUT2D eigenvalue weighted by Gasteiger charge is 2.16. The lowest BCUT2D eigenvalue weighted by molar-refractivity contribution is 0.0520. The van der Waals surface area contributed by atoms with Crippen LogP contribution >= 0.6 is 11.3 Å². The zero-order valence-corrected chi connectivity index (χ0v) is 11.3.